The average Bonchev–Trinajstić information content (AvgIpc) is 3.24. The molecule has 5 rings (SSSR count). The fourth-order valence-electron chi connectivity index (χ4n) is 5.29. The SMILES string of the molecule is CCC(=O)[NH][Zr]([Cl])([Cl])([c]1cccc2c1Cc1ccccc1-2)[SiH](c1ccccc1)c1ccccc1. The van der Waals surface area contributed by atoms with Gasteiger partial charge >= 0.3 is 212 Å². The van der Waals surface area contributed by atoms with E-state index in [4.69, 9.17) is 17.0 Å². The van der Waals surface area contributed by atoms with E-state index in [9.17, 15) is 4.79 Å². The van der Waals surface area contributed by atoms with Gasteiger partial charge in [-0.05, 0) is 0 Å². The quantitative estimate of drug-likeness (QED) is 0.285. The number of hydrogen-bond donors (Lipinski definition) is 1. The average molecular weight is 583 g/mol. The molecular formula is C28H26Cl2NOSiZr. The number of nitrogens with one attached hydrogen (secondary N) is 1. The first kappa shape index (κ1) is 23.8. The Hall–Kier alpha value is -1.97. The summed E-state index contributed by atoms with van der Waals surface area (Å²) < 4.78 is 4.33. The Bertz CT molecular complexity index is 1320. The fourth-order valence-corrected chi connectivity index (χ4v) is 43.1. The van der Waals surface area contributed by atoms with Crippen LogP contribution in [0.15, 0.2) is 103 Å². The van der Waals surface area contributed by atoms with Gasteiger partial charge in [-0.3, -0.25) is 0 Å². The summed E-state index contributed by atoms with van der Waals surface area (Å²) in [4.78, 5) is 13.1. The van der Waals surface area contributed by atoms with Crippen LogP contribution in [0.1, 0.15) is 24.5 Å². The van der Waals surface area contributed by atoms with Gasteiger partial charge in [-0.15, -0.1) is 0 Å². The molecule has 1 aliphatic carbocycles. The zero-order valence-electron chi connectivity index (χ0n) is 19.0. The van der Waals surface area contributed by atoms with E-state index in [0.717, 1.165) is 20.1 Å². The number of benzene rings is 4. The molecular weight excluding hydrogens is 557 g/mol. The van der Waals surface area contributed by atoms with Crippen molar-refractivity contribution < 1.29 is 20.6 Å². The van der Waals surface area contributed by atoms with Crippen molar-refractivity contribution in [2.45, 2.75) is 19.8 Å². The first-order valence-electron chi connectivity index (χ1n) is 11.6. The molecule has 0 aliphatic heterocycles. The predicted molar refractivity (Wildman–Crippen MR) is 144 cm³/mol. The molecule has 1 N–H and O–H groups in total. The molecule has 0 atom stereocenters. The third-order valence-corrected chi connectivity index (χ3v) is 41.7. The van der Waals surface area contributed by atoms with Crippen molar-refractivity contribution in [1.82, 2.24) is 3.26 Å². The van der Waals surface area contributed by atoms with E-state index >= 15 is 0 Å². The van der Waals surface area contributed by atoms with Gasteiger partial charge < -0.3 is 0 Å². The van der Waals surface area contributed by atoms with E-state index in [0.29, 0.717) is 6.42 Å². The topological polar surface area (TPSA) is 29.1 Å². The maximum atomic E-state index is 13.1. The standard InChI is InChI=1S/C13H9.C12H11Si.C3H7NO.2ClH.Zr/c1-3-7-12-10(5-1)9-11-6-2-4-8-13(11)12;1-3-7-11(8-4-1)13-12-9-5-2-6-10-12;1-2-3(4)5;;;/h1-5,7-8H,9H2;1-10,13H;2H2,1H3,(H2,4,5);2*1H;/q;;;;;+3/p-3. The van der Waals surface area contributed by atoms with Gasteiger partial charge in [-0.2, -0.15) is 0 Å². The number of halogens is 2. The van der Waals surface area contributed by atoms with Crippen molar-refractivity contribution in [3.05, 3.63) is 114 Å². The van der Waals surface area contributed by atoms with E-state index in [-0.39, 0.29) is 5.91 Å². The van der Waals surface area contributed by atoms with Crippen LogP contribution in [-0.2, 0) is 27.1 Å². The number of hydrogen-bond acceptors (Lipinski definition) is 1. The monoisotopic (exact) mass is 580 g/mol. The molecule has 0 aromatic heterocycles. The first-order valence-corrected chi connectivity index (χ1v) is 26.4. The minimum absolute atomic E-state index is 0.0897. The molecule has 6 heteroatoms. The van der Waals surface area contributed by atoms with Crippen molar-refractivity contribution in [2.24, 2.45) is 0 Å². The molecule has 1 amide bonds. The van der Waals surface area contributed by atoms with Crippen LogP contribution in [0.25, 0.3) is 11.1 Å². The molecule has 0 heterocycles. The summed E-state index contributed by atoms with van der Waals surface area (Å²) in [6.07, 6.45) is 1.11. The molecule has 0 saturated heterocycles. The summed E-state index contributed by atoms with van der Waals surface area (Å²) in [5, 5.41) is 2.29. The summed E-state index contributed by atoms with van der Waals surface area (Å²) in [5.74, 6) is -2.41. The van der Waals surface area contributed by atoms with Crippen LogP contribution in [0.4, 0.5) is 0 Å². The molecule has 2 nitrogen and oxygen atoms in total. The third kappa shape index (κ3) is 4.05. The number of rotatable bonds is 6. The summed E-state index contributed by atoms with van der Waals surface area (Å²) >= 11 is -5.27. The van der Waals surface area contributed by atoms with Crippen LogP contribution < -0.4 is 16.9 Å². The second-order valence-electron chi connectivity index (χ2n) is 8.90. The molecule has 4 aromatic rings. The zero-order chi connectivity index (χ0) is 23.8. The van der Waals surface area contributed by atoms with E-state index in [2.05, 4.69) is 63.9 Å². The molecule has 0 spiro atoms. The van der Waals surface area contributed by atoms with Gasteiger partial charge in [0.05, 0.1) is 0 Å². The zero-order valence-corrected chi connectivity index (χ0v) is 24.1. The summed E-state index contributed by atoms with van der Waals surface area (Å²) in [7, 11) is 15.9. The van der Waals surface area contributed by atoms with Gasteiger partial charge in [0, 0.05) is 0 Å². The Morgan fingerprint density at radius 1 is 0.794 bits per heavy atom. The van der Waals surface area contributed by atoms with Gasteiger partial charge in [0.1, 0.15) is 0 Å². The van der Waals surface area contributed by atoms with Crippen LogP contribution in [0.5, 0.6) is 0 Å². The van der Waals surface area contributed by atoms with E-state index in [1.807, 2.05) is 49.4 Å². The Kier molecular flexibility index (Phi) is 6.46. The van der Waals surface area contributed by atoms with Crippen LogP contribution >= 0.6 is 17.0 Å². The normalized spacial score (nSPS) is 13.6. The van der Waals surface area contributed by atoms with Crippen molar-refractivity contribution in [1.29, 1.82) is 0 Å². The van der Waals surface area contributed by atoms with Crippen molar-refractivity contribution in [3.63, 3.8) is 0 Å². The maximum absolute atomic E-state index is 13.1. The molecule has 0 fully saturated rings. The van der Waals surface area contributed by atoms with Crippen LogP contribution in [0, 0.1) is 0 Å². The molecule has 0 bridgehead atoms. The van der Waals surface area contributed by atoms with Crippen molar-refractivity contribution in [3.8, 4) is 11.1 Å². The molecule has 0 unspecified atom stereocenters. The van der Waals surface area contributed by atoms with Gasteiger partial charge in [-0.1, -0.05) is 0 Å². The molecule has 34 heavy (non-hydrogen) atoms. The summed E-state index contributed by atoms with van der Waals surface area (Å²) in [6.45, 7) is 1.85. The molecule has 0 saturated carbocycles. The Labute approximate surface area is 210 Å². The fraction of sp³-hybridized carbons (Fsp3) is 0.107. The third-order valence-electron chi connectivity index (χ3n) is 6.81. The Morgan fingerprint density at radius 3 is 1.97 bits per heavy atom. The van der Waals surface area contributed by atoms with Gasteiger partial charge in [0.2, 0.25) is 0 Å². The minimum atomic E-state index is -5.27. The van der Waals surface area contributed by atoms with Crippen LogP contribution in [0.3, 0.4) is 0 Å². The Morgan fingerprint density at radius 2 is 1.35 bits per heavy atom. The van der Waals surface area contributed by atoms with E-state index in [1.165, 1.54) is 22.3 Å². The molecule has 0 radical (unpaired) electrons. The van der Waals surface area contributed by atoms with Gasteiger partial charge in [-0.25, -0.2) is 0 Å². The molecule has 4 aromatic carbocycles. The van der Waals surface area contributed by atoms with Crippen molar-refractivity contribution in [2.75, 3.05) is 0 Å². The first-order chi connectivity index (χ1) is 16.4. The van der Waals surface area contributed by atoms with E-state index < -0.39 is 21.8 Å². The molecule has 1 aliphatic rings. The Balaban J connectivity index is 1.82. The number of carbonyl (C=O) groups is 1. The second-order valence-corrected chi connectivity index (χ2v) is 44.2. The predicted octanol–water partition coefficient (Wildman–Crippen LogP) is 4.86. The number of amides is 1. The molecule has 171 valence electrons. The van der Waals surface area contributed by atoms with E-state index in [1.54, 1.807) is 0 Å². The summed E-state index contributed by atoms with van der Waals surface area (Å²) in [6, 6.07) is 35.4. The van der Waals surface area contributed by atoms with Gasteiger partial charge in [0.25, 0.3) is 0 Å². The van der Waals surface area contributed by atoms with Crippen LogP contribution in [0.2, 0.25) is 0 Å². The second kappa shape index (κ2) is 9.24. The van der Waals surface area contributed by atoms with Crippen molar-refractivity contribution >= 4 is 42.5 Å². The van der Waals surface area contributed by atoms with Gasteiger partial charge in [0.15, 0.2) is 0 Å². The van der Waals surface area contributed by atoms with Crippen LogP contribution in [-0.4, -0.2) is 11.8 Å². The number of fused-ring (bicyclic) bond motifs is 3. The number of carbonyl (C=O) groups excluding carboxylic acids is 1. The summed E-state index contributed by atoms with van der Waals surface area (Å²) in [5.41, 5.74) is 4.84.